The van der Waals surface area contributed by atoms with E-state index in [-0.39, 0.29) is 17.9 Å². The molecule has 5 rings (SSSR count). The lowest BCUT2D eigenvalue weighted by Gasteiger charge is -2.45. The van der Waals surface area contributed by atoms with Gasteiger partial charge in [-0.1, -0.05) is 23.7 Å². The van der Waals surface area contributed by atoms with Gasteiger partial charge in [0, 0.05) is 22.7 Å². The van der Waals surface area contributed by atoms with Crippen LogP contribution < -0.4 is 0 Å². The first-order chi connectivity index (χ1) is 16.2. The van der Waals surface area contributed by atoms with Crippen molar-refractivity contribution < 1.29 is 14.3 Å². The number of nitrogens with zero attached hydrogens (tertiary/aromatic N) is 3. The third-order valence-corrected chi connectivity index (χ3v) is 7.03. The van der Waals surface area contributed by atoms with E-state index < -0.39 is 17.7 Å². The van der Waals surface area contributed by atoms with Crippen molar-refractivity contribution in [3.05, 3.63) is 65.4 Å². The van der Waals surface area contributed by atoms with Crippen molar-refractivity contribution in [2.45, 2.75) is 70.2 Å². The largest absolute Gasteiger partial charge is 0.444 e. The zero-order valence-corrected chi connectivity index (χ0v) is 20.5. The number of ketones is 1. The number of halogens is 1. The third kappa shape index (κ3) is 4.56. The quantitative estimate of drug-likeness (QED) is 0.412. The summed E-state index contributed by atoms with van der Waals surface area (Å²) in [7, 11) is 0. The summed E-state index contributed by atoms with van der Waals surface area (Å²) >= 11 is 6.07. The highest BCUT2D eigenvalue weighted by atomic mass is 35.5. The molecule has 1 aliphatic carbocycles. The van der Waals surface area contributed by atoms with E-state index in [9.17, 15) is 9.59 Å². The van der Waals surface area contributed by atoms with Crippen molar-refractivity contribution >= 4 is 34.5 Å². The summed E-state index contributed by atoms with van der Waals surface area (Å²) in [6.07, 6.45) is 4.85. The number of carbonyl (C=O) groups is 2. The minimum atomic E-state index is -0.642. The van der Waals surface area contributed by atoms with Crippen molar-refractivity contribution in [1.82, 2.24) is 14.5 Å². The number of likely N-dealkylation sites (tertiary alicyclic amines) is 1. The lowest BCUT2D eigenvalue weighted by Crippen LogP contribution is -2.57. The molecule has 2 heterocycles. The Morgan fingerprint density at radius 1 is 1.03 bits per heavy atom. The Morgan fingerprint density at radius 2 is 1.74 bits per heavy atom. The number of rotatable bonds is 4. The highest BCUT2D eigenvalue weighted by Crippen LogP contribution is 2.45. The smallest absolute Gasteiger partial charge is 0.411 e. The third-order valence-electron chi connectivity index (χ3n) is 6.78. The molecule has 0 radical (unpaired) electrons. The maximum atomic E-state index is 13.8. The summed E-state index contributed by atoms with van der Waals surface area (Å²) in [5, 5.41) is 0.572. The van der Waals surface area contributed by atoms with Crippen LogP contribution in [0.15, 0.2) is 54.9 Å². The van der Waals surface area contributed by atoms with Crippen LogP contribution in [0.25, 0.3) is 11.0 Å². The molecule has 3 aromatic rings. The van der Waals surface area contributed by atoms with Gasteiger partial charge in [-0.25, -0.2) is 9.78 Å². The number of Topliss-reactive ketones (excluding diaryl/α,β-unsaturated/α-hetero) is 1. The monoisotopic (exact) mass is 479 g/mol. The Labute approximate surface area is 204 Å². The number of piperidine rings is 1. The summed E-state index contributed by atoms with van der Waals surface area (Å²) in [4.78, 5) is 33.6. The zero-order chi connectivity index (χ0) is 24.0. The molecule has 3 unspecified atom stereocenters. The molecule has 7 heteroatoms. The van der Waals surface area contributed by atoms with Gasteiger partial charge in [0.1, 0.15) is 11.6 Å². The van der Waals surface area contributed by atoms with E-state index in [1.807, 2.05) is 45.3 Å². The number of imidazole rings is 1. The van der Waals surface area contributed by atoms with E-state index >= 15 is 0 Å². The molecular formula is C27H30ClN3O3. The Bertz CT molecular complexity index is 1210. The van der Waals surface area contributed by atoms with Crippen LogP contribution in [0.4, 0.5) is 4.79 Å². The number of carbonyl (C=O) groups excluding carboxylic acids is 2. The van der Waals surface area contributed by atoms with Gasteiger partial charge < -0.3 is 9.30 Å². The van der Waals surface area contributed by atoms with Crippen LogP contribution >= 0.6 is 11.6 Å². The molecule has 6 nitrogen and oxygen atoms in total. The van der Waals surface area contributed by atoms with Crippen molar-refractivity contribution in [1.29, 1.82) is 0 Å². The minimum absolute atomic E-state index is 0.0536. The summed E-state index contributed by atoms with van der Waals surface area (Å²) in [6, 6.07) is 14.3. The number of aromatic nitrogens is 2. The number of ether oxygens (including phenoxy) is 1. The molecule has 1 amide bonds. The van der Waals surface area contributed by atoms with E-state index in [2.05, 4.69) is 15.6 Å². The summed E-state index contributed by atoms with van der Waals surface area (Å²) in [5.41, 5.74) is 1.89. The molecule has 178 valence electrons. The van der Waals surface area contributed by atoms with Crippen molar-refractivity contribution in [2.75, 3.05) is 0 Å². The Balaban J connectivity index is 1.55. The molecule has 1 aromatic heterocycles. The second-order valence-corrected chi connectivity index (χ2v) is 10.9. The van der Waals surface area contributed by atoms with E-state index in [0.29, 0.717) is 22.9 Å². The molecule has 1 aliphatic heterocycles. The first-order valence-electron chi connectivity index (χ1n) is 11.9. The second kappa shape index (κ2) is 8.73. The predicted octanol–water partition coefficient (Wildman–Crippen LogP) is 6.29. The molecule has 0 bridgehead atoms. The summed E-state index contributed by atoms with van der Waals surface area (Å²) in [6.45, 7) is 5.58. The number of fused-ring (bicyclic) bond motifs is 1. The molecular weight excluding hydrogens is 450 g/mol. The number of benzene rings is 2. The van der Waals surface area contributed by atoms with Crippen LogP contribution in [-0.2, 0) is 4.74 Å². The highest BCUT2D eigenvalue weighted by Gasteiger charge is 2.49. The van der Waals surface area contributed by atoms with Crippen molar-refractivity contribution in [3.8, 4) is 0 Å². The molecule has 3 atom stereocenters. The van der Waals surface area contributed by atoms with Crippen LogP contribution in [0.3, 0.4) is 0 Å². The van der Waals surface area contributed by atoms with Gasteiger partial charge in [0.2, 0.25) is 0 Å². The Hall–Kier alpha value is -2.86. The molecule has 0 N–H and O–H groups in total. The van der Waals surface area contributed by atoms with Gasteiger partial charge >= 0.3 is 6.09 Å². The molecule has 1 saturated heterocycles. The number of amides is 1. The van der Waals surface area contributed by atoms with Gasteiger partial charge in [-0.05, 0) is 88.8 Å². The van der Waals surface area contributed by atoms with Gasteiger partial charge in [0.25, 0.3) is 0 Å². The van der Waals surface area contributed by atoms with Gasteiger partial charge in [-0.15, -0.1) is 0 Å². The highest BCUT2D eigenvalue weighted by molar-refractivity contribution is 6.30. The van der Waals surface area contributed by atoms with E-state index in [0.717, 1.165) is 30.3 Å². The molecule has 34 heavy (non-hydrogen) atoms. The normalized spacial score (nSPS) is 23.2. The average molecular weight is 480 g/mol. The van der Waals surface area contributed by atoms with Gasteiger partial charge in [-0.2, -0.15) is 0 Å². The van der Waals surface area contributed by atoms with Crippen LogP contribution in [-0.4, -0.2) is 44.0 Å². The summed E-state index contributed by atoms with van der Waals surface area (Å²) in [5.74, 6) is 0.299. The summed E-state index contributed by atoms with van der Waals surface area (Å²) < 4.78 is 7.99. The first-order valence-corrected chi connectivity index (χ1v) is 12.3. The first kappa shape index (κ1) is 22.9. The molecule has 1 saturated carbocycles. The SMILES string of the molecule is CC(C)(C)OC(=O)N1C(C(=O)c2ccc(Cl)cc2)CC(n2cnc3ccccc32)CC1C1CC1. The van der Waals surface area contributed by atoms with E-state index in [1.165, 1.54) is 0 Å². The fourth-order valence-electron chi connectivity index (χ4n) is 5.11. The standard InChI is InChI=1S/C27H30ClN3O3/c1-27(2,3)34-26(33)31-23(17-8-9-17)14-20(30-16-29-21-6-4-5-7-22(21)30)15-24(31)25(32)18-10-12-19(28)13-11-18/h4-7,10-13,16-17,20,23-24H,8-9,14-15H2,1-3H3. The molecule has 0 spiro atoms. The molecule has 2 aromatic carbocycles. The van der Waals surface area contributed by atoms with Crippen molar-refractivity contribution in [3.63, 3.8) is 0 Å². The second-order valence-electron chi connectivity index (χ2n) is 10.4. The van der Waals surface area contributed by atoms with Gasteiger partial charge in [0.15, 0.2) is 5.78 Å². The predicted molar refractivity (Wildman–Crippen MR) is 132 cm³/mol. The lowest BCUT2D eigenvalue weighted by molar-refractivity contribution is -0.0130. The molecule has 2 fully saturated rings. The van der Waals surface area contributed by atoms with Crippen LogP contribution in [0.2, 0.25) is 5.02 Å². The zero-order valence-electron chi connectivity index (χ0n) is 19.8. The van der Waals surface area contributed by atoms with Crippen molar-refractivity contribution in [2.24, 2.45) is 5.92 Å². The van der Waals surface area contributed by atoms with E-state index in [4.69, 9.17) is 16.3 Å². The fourth-order valence-corrected chi connectivity index (χ4v) is 5.23. The fraction of sp³-hybridized carbons (Fsp3) is 0.444. The van der Waals surface area contributed by atoms with Gasteiger partial charge in [-0.3, -0.25) is 9.69 Å². The maximum Gasteiger partial charge on any atom is 0.411 e. The topological polar surface area (TPSA) is 64.4 Å². The number of para-hydroxylation sites is 2. The molecule has 2 aliphatic rings. The minimum Gasteiger partial charge on any atom is -0.444 e. The van der Waals surface area contributed by atoms with Gasteiger partial charge in [0.05, 0.1) is 17.4 Å². The number of hydrogen-bond acceptors (Lipinski definition) is 4. The van der Waals surface area contributed by atoms with E-state index in [1.54, 1.807) is 29.2 Å². The van der Waals surface area contributed by atoms with Crippen LogP contribution in [0.5, 0.6) is 0 Å². The number of hydrogen-bond donors (Lipinski definition) is 0. The Kier molecular flexibility index (Phi) is 5.88. The maximum absolute atomic E-state index is 13.8. The Morgan fingerprint density at radius 3 is 2.41 bits per heavy atom. The van der Waals surface area contributed by atoms with Crippen LogP contribution in [0.1, 0.15) is 62.9 Å². The average Bonchev–Trinajstić information content (AvgIpc) is 3.56. The lowest BCUT2D eigenvalue weighted by atomic mass is 9.85. The van der Waals surface area contributed by atoms with Crippen LogP contribution in [0, 0.1) is 5.92 Å².